The second-order valence-corrected chi connectivity index (χ2v) is 17.1. The summed E-state index contributed by atoms with van der Waals surface area (Å²) in [5.41, 5.74) is 20.8. The van der Waals surface area contributed by atoms with Crippen molar-refractivity contribution in [3.63, 3.8) is 0 Å². The van der Waals surface area contributed by atoms with Crippen LogP contribution in [-0.2, 0) is 0 Å². The van der Waals surface area contributed by atoms with Gasteiger partial charge in [-0.15, -0.1) is 0 Å². The fourth-order valence-electron chi connectivity index (χ4n) is 9.68. The van der Waals surface area contributed by atoms with Crippen LogP contribution in [0.4, 0.5) is 17.1 Å². The molecule has 10 aromatic carbocycles. The molecule has 0 saturated carbocycles. The quantitative estimate of drug-likeness (QED) is 0.153. The molecule has 308 valence electrons. The van der Waals surface area contributed by atoms with Crippen molar-refractivity contribution in [2.24, 2.45) is 0 Å². The van der Waals surface area contributed by atoms with E-state index < -0.39 is 0 Å². The molecule has 0 aliphatic rings. The van der Waals surface area contributed by atoms with Gasteiger partial charge in [0.25, 0.3) is 0 Å². The first-order chi connectivity index (χ1) is 32.0. The number of benzene rings is 10. The minimum absolute atomic E-state index is 0.898. The highest BCUT2D eigenvalue weighted by Gasteiger charge is 2.18. The molecule has 0 unspecified atom stereocenters. The van der Waals surface area contributed by atoms with E-state index in [2.05, 4.69) is 219 Å². The van der Waals surface area contributed by atoms with Crippen LogP contribution < -0.4 is 4.90 Å². The third-order valence-electron chi connectivity index (χ3n) is 12.7. The van der Waals surface area contributed by atoms with E-state index in [9.17, 15) is 0 Å². The molecule has 0 aliphatic heterocycles. The number of aryl methyl sites for hydroxylation is 2. The Balaban J connectivity index is 0.954. The fourth-order valence-corrected chi connectivity index (χ4v) is 9.68. The number of hydrogen-bond acceptors (Lipinski definition) is 3. The first-order valence-electron chi connectivity index (χ1n) is 22.2. The van der Waals surface area contributed by atoms with Crippen molar-refractivity contribution >= 4 is 60.9 Å². The normalized spacial score (nSPS) is 11.5. The Hall–Kier alpha value is -8.40. The molecule has 0 spiro atoms. The lowest BCUT2D eigenvalue weighted by Gasteiger charge is -2.26. The SMILES string of the molecule is Cc1cc(C)cc(-c2cc(-c3ccccc3)cc(-c3ccc(N(c4ccc(-c5cccc6c5oc5ccccc56)cc4)c4ccc(-c5cccc6c5oc5ccccc56)cc4)cc3)c2)c1. The monoisotopic (exact) mass is 833 g/mol. The molecule has 0 bridgehead atoms. The van der Waals surface area contributed by atoms with Gasteiger partial charge in [0.15, 0.2) is 0 Å². The third kappa shape index (κ3) is 6.95. The van der Waals surface area contributed by atoms with Crippen molar-refractivity contribution in [2.75, 3.05) is 4.90 Å². The van der Waals surface area contributed by atoms with E-state index in [0.717, 1.165) is 88.8 Å². The Morgan fingerprint density at radius 3 is 1.12 bits per heavy atom. The largest absolute Gasteiger partial charge is 0.455 e. The third-order valence-corrected chi connectivity index (χ3v) is 12.7. The average Bonchev–Trinajstić information content (AvgIpc) is 3.94. The molecule has 0 N–H and O–H groups in total. The van der Waals surface area contributed by atoms with E-state index in [1.165, 1.54) is 38.9 Å². The second kappa shape index (κ2) is 15.7. The van der Waals surface area contributed by atoms with Gasteiger partial charge in [-0.2, -0.15) is 0 Å². The highest BCUT2D eigenvalue weighted by atomic mass is 16.3. The molecule has 65 heavy (non-hydrogen) atoms. The zero-order valence-electron chi connectivity index (χ0n) is 36.1. The van der Waals surface area contributed by atoms with Crippen molar-refractivity contribution in [2.45, 2.75) is 13.8 Å². The topological polar surface area (TPSA) is 29.5 Å². The van der Waals surface area contributed by atoms with Crippen LogP contribution >= 0.6 is 0 Å². The van der Waals surface area contributed by atoms with Gasteiger partial charge >= 0.3 is 0 Å². The smallest absolute Gasteiger partial charge is 0.143 e. The van der Waals surface area contributed by atoms with Crippen LogP contribution in [0, 0.1) is 13.8 Å². The van der Waals surface area contributed by atoms with E-state index in [-0.39, 0.29) is 0 Å². The first kappa shape index (κ1) is 38.3. The number of fused-ring (bicyclic) bond motifs is 6. The number of nitrogens with zero attached hydrogens (tertiary/aromatic N) is 1. The molecule has 0 saturated heterocycles. The molecular weight excluding hydrogens is 791 g/mol. The molecule has 3 nitrogen and oxygen atoms in total. The van der Waals surface area contributed by atoms with Crippen LogP contribution in [0.15, 0.2) is 233 Å². The van der Waals surface area contributed by atoms with Crippen molar-refractivity contribution < 1.29 is 8.83 Å². The number of furan rings is 2. The maximum Gasteiger partial charge on any atom is 0.143 e. The van der Waals surface area contributed by atoms with Crippen LogP contribution in [0.2, 0.25) is 0 Å². The predicted molar refractivity (Wildman–Crippen MR) is 272 cm³/mol. The lowest BCUT2D eigenvalue weighted by molar-refractivity contribution is 0.669. The van der Waals surface area contributed by atoms with Gasteiger partial charge in [0, 0.05) is 49.7 Å². The highest BCUT2D eigenvalue weighted by Crippen LogP contribution is 2.42. The maximum atomic E-state index is 6.45. The van der Waals surface area contributed by atoms with Crippen molar-refractivity contribution in [3.05, 3.63) is 236 Å². The number of hydrogen-bond donors (Lipinski definition) is 0. The van der Waals surface area contributed by atoms with E-state index in [4.69, 9.17) is 8.83 Å². The number of para-hydroxylation sites is 4. The molecular formula is C62H43NO2. The molecule has 12 aromatic rings. The van der Waals surface area contributed by atoms with Gasteiger partial charge in [0.2, 0.25) is 0 Å². The van der Waals surface area contributed by atoms with Crippen LogP contribution in [0.1, 0.15) is 11.1 Å². The molecule has 2 aromatic heterocycles. The zero-order valence-corrected chi connectivity index (χ0v) is 36.1. The lowest BCUT2D eigenvalue weighted by Crippen LogP contribution is -2.09. The van der Waals surface area contributed by atoms with E-state index in [0.29, 0.717) is 0 Å². The summed E-state index contributed by atoms with van der Waals surface area (Å²) in [6, 6.07) is 80.5. The summed E-state index contributed by atoms with van der Waals surface area (Å²) >= 11 is 0. The Bertz CT molecular complexity index is 3530. The van der Waals surface area contributed by atoms with E-state index in [1.807, 2.05) is 24.3 Å². The van der Waals surface area contributed by atoms with Crippen LogP contribution in [0.3, 0.4) is 0 Å². The predicted octanol–water partition coefficient (Wildman–Crippen LogP) is 17.9. The summed E-state index contributed by atoms with van der Waals surface area (Å²) in [4.78, 5) is 2.34. The Morgan fingerprint density at radius 1 is 0.277 bits per heavy atom. The van der Waals surface area contributed by atoms with Crippen LogP contribution in [0.5, 0.6) is 0 Å². The standard InChI is InChI=1S/C62H43NO2/c1-40-34-41(2)36-46(35-40)49-38-47(42-12-4-3-5-13-42)37-48(39-49)43-22-28-50(29-23-43)63(51-30-24-44(25-31-51)53-16-10-18-57-55-14-6-8-20-59(55)64-61(53)57)52-32-26-45(27-33-52)54-17-11-19-58-56-15-7-9-21-60(56)65-62(54)58/h3-39H,1-2H3. The van der Waals surface area contributed by atoms with Crippen LogP contribution in [0.25, 0.3) is 99.5 Å². The summed E-state index contributed by atoms with van der Waals surface area (Å²) in [6.07, 6.45) is 0. The minimum Gasteiger partial charge on any atom is -0.455 e. The summed E-state index contributed by atoms with van der Waals surface area (Å²) < 4.78 is 12.9. The average molecular weight is 834 g/mol. The van der Waals surface area contributed by atoms with Gasteiger partial charge in [-0.3, -0.25) is 0 Å². The fraction of sp³-hybridized carbons (Fsp3) is 0.0323. The van der Waals surface area contributed by atoms with Gasteiger partial charge in [-0.1, -0.05) is 169 Å². The Labute approximate surface area is 378 Å². The molecule has 12 rings (SSSR count). The van der Waals surface area contributed by atoms with Crippen molar-refractivity contribution in [1.29, 1.82) is 0 Å². The Kier molecular flexibility index (Phi) is 9.28. The summed E-state index contributed by atoms with van der Waals surface area (Å²) in [7, 11) is 0. The van der Waals surface area contributed by atoms with Gasteiger partial charge < -0.3 is 13.7 Å². The van der Waals surface area contributed by atoms with Gasteiger partial charge in [0.1, 0.15) is 22.3 Å². The highest BCUT2D eigenvalue weighted by molar-refractivity contribution is 6.10. The molecule has 0 fully saturated rings. The van der Waals surface area contributed by atoms with Gasteiger partial charge in [0.05, 0.1) is 0 Å². The van der Waals surface area contributed by atoms with Crippen molar-refractivity contribution in [1.82, 2.24) is 0 Å². The number of rotatable bonds is 8. The summed E-state index contributed by atoms with van der Waals surface area (Å²) in [6.45, 7) is 4.35. The summed E-state index contributed by atoms with van der Waals surface area (Å²) in [5, 5.41) is 4.50. The molecule has 0 radical (unpaired) electrons. The molecule has 0 atom stereocenters. The van der Waals surface area contributed by atoms with Crippen LogP contribution in [-0.4, -0.2) is 0 Å². The van der Waals surface area contributed by atoms with E-state index >= 15 is 0 Å². The van der Waals surface area contributed by atoms with Crippen molar-refractivity contribution in [3.8, 4) is 55.6 Å². The second-order valence-electron chi connectivity index (χ2n) is 17.1. The molecule has 3 heteroatoms. The number of anilines is 3. The maximum absolute atomic E-state index is 6.45. The van der Waals surface area contributed by atoms with E-state index in [1.54, 1.807) is 0 Å². The first-order valence-corrected chi connectivity index (χ1v) is 22.2. The molecule has 0 aliphatic carbocycles. The molecule has 0 amide bonds. The minimum atomic E-state index is 0.898. The zero-order chi connectivity index (χ0) is 43.4. The van der Waals surface area contributed by atoms with Gasteiger partial charge in [-0.05, 0) is 125 Å². The van der Waals surface area contributed by atoms with Gasteiger partial charge in [-0.25, -0.2) is 0 Å². The lowest BCUT2D eigenvalue weighted by atomic mass is 9.92. The molecule has 2 heterocycles. The summed E-state index contributed by atoms with van der Waals surface area (Å²) in [5.74, 6) is 0. The Morgan fingerprint density at radius 2 is 0.646 bits per heavy atom.